The molecule has 0 radical (unpaired) electrons. The first-order valence-electron chi connectivity index (χ1n) is 8.63. The first kappa shape index (κ1) is 16.4. The Bertz CT molecular complexity index is 854. The normalized spacial score (nSPS) is 20.8. The minimum Gasteiger partial charge on any atom is -0.491 e. The summed E-state index contributed by atoms with van der Waals surface area (Å²) in [5.41, 5.74) is 1.39. The Hall–Kier alpha value is -2.07. The molecule has 4 rings (SSSR count). The number of rotatable bonds is 4. The number of carbonyl (C=O) groups excluding carboxylic acids is 1. The highest BCUT2D eigenvalue weighted by molar-refractivity contribution is 6.31. The van der Waals surface area contributed by atoms with Gasteiger partial charge in [0, 0.05) is 23.9 Å². The van der Waals surface area contributed by atoms with Crippen molar-refractivity contribution in [1.29, 1.82) is 0 Å². The molecule has 25 heavy (non-hydrogen) atoms. The fourth-order valence-electron chi connectivity index (χ4n) is 3.91. The Balaban J connectivity index is 1.85. The minimum absolute atomic E-state index is 0.00864. The first-order valence-corrected chi connectivity index (χ1v) is 9.01. The lowest BCUT2D eigenvalue weighted by molar-refractivity contribution is -0.122. The number of nitrogens with zero attached hydrogens (tertiary/aromatic N) is 1. The van der Waals surface area contributed by atoms with Crippen molar-refractivity contribution in [2.45, 2.75) is 31.6 Å². The van der Waals surface area contributed by atoms with E-state index in [1.54, 1.807) is 0 Å². The SMILES string of the molecule is CCCCCN1C(=O)C2(COc3cc(Cl)c(F)cc32)c2ccccc21. The molecule has 0 N–H and O–H groups in total. The van der Waals surface area contributed by atoms with Crippen molar-refractivity contribution in [2.24, 2.45) is 0 Å². The number of ether oxygens (including phenoxy) is 1. The molecule has 3 nitrogen and oxygen atoms in total. The number of para-hydroxylation sites is 1. The second-order valence-electron chi connectivity index (χ2n) is 6.64. The Labute approximate surface area is 151 Å². The zero-order valence-corrected chi connectivity index (χ0v) is 14.8. The summed E-state index contributed by atoms with van der Waals surface area (Å²) >= 11 is 5.89. The number of benzene rings is 2. The number of carbonyl (C=O) groups is 1. The van der Waals surface area contributed by atoms with Crippen molar-refractivity contribution >= 4 is 23.2 Å². The molecule has 0 saturated heterocycles. The van der Waals surface area contributed by atoms with Gasteiger partial charge in [-0.25, -0.2) is 4.39 Å². The summed E-state index contributed by atoms with van der Waals surface area (Å²) in [6.07, 6.45) is 3.09. The standard InChI is InChI=1S/C20H19ClFNO2/c1-2-3-6-9-23-17-8-5-4-7-13(17)20(19(23)24)12-25-18-11-15(21)16(22)10-14(18)20/h4-5,7-8,10-11H,2-3,6,9,12H2,1H3. The van der Waals surface area contributed by atoms with E-state index in [4.69, 9.17) is 16.3 Å². The molecule has 1 atom stereocenters. The van der Waals surface area contributed by atoms with Crippen molar-refractivity contribution in [3.63, 3.8) is 0 Å². The molecule has 2 aromatic carbocycles. The lowest BCUT2D eigenvalue weighted by atomic mass is 9.77. The molecular weight excluding hydrogens is 341 g/mol. The molecule has 1 unspecified atom stereocenters. The topological polar surface area (TPSA) is 29.5 Å². The molecule has 130 valence electrons. The zero-order chi connectivity index (χ0) is 17.6. The van der Waals surface area contributed by atoms with Crippen LogP contribution in [0.3, 0.4) is 0 Å². The third kappa shape index (κ3) is 2.27. The zero-order valence-electron chi connectivity index (χ0n) is 14.0. The van der Waals surface area contributed by atoms with Gasteiger partial charge in [-0.2, -0.15) is 0 Å². The summed E-state index contributed by atoms with van der Waals surface area (Å²) < 4.78 is 19.9. The van der Waals surface area contributed by atoms with Crippen LogP contribution in [0.25, 0.3) is 0 Å². The Kier molecular flexibility index (Phi) is 3.95. The summed E-state index contributed by atoms with van der Waals surface area (Å²) in [6, 6.07) is 10.6. The van der Waals surface area contributed by atoms with Gasteiger partial charge in [-0.15, -0.1) is 0 Å². The van der Waals surface area contributed by atoms with E-state index in [2.05, 4.69) is 6.92 Å². The van der Waals surface area contributed by atoms with Gasteiger partial charge in [0.15, 0.2) is 0 Å². The van der Waals surface area contributed by atoms with E-state index in [-0.39, 0.29) is 17.5 Å². The van der Waals surface area contributed by atoms with Gasteiger partial charge >= 0.3 is 0 Å². The highest BCUT2D eigenvalue weighted by Gasteiger charge is 2.56. The van der Waals surface area contributed by atoms with E-state index in [1.807, 2.05) is 29.2 Å². The van der Waals surface area contributed by atoms with Crippen molar-refractivity contribution in [3.05, 3.63) is 58.4 Å². The van der Waals surface area contributed by atoms with Crippen LogP contribution in [0, 0.1) is 5.82 Å². The fraction of sp³-hybridized carbons (Fsp3) is 0.350. The van der Waals surface area contributed by atoms with E-state index < -0.39 is 11.2 Å². The fourth-order valence-corrected chi connectivity index (χ4v) is 4.07. The van der Waals surface area contributed by atoms with Gasteiger partial charge in [0.1, 0.15) is 23.6 Å². The van der Waals surface area contributed by atoms with Crippen LogP contribution in [0.1, 0.15) is 37.3 Å². The maximum atomic E-state index is 14.1. The van der Waals surface area contributed by atoms with E-state index in [0.29, 0.717) is 17.9 Å². The Morgan fingerprint density at radius 3 is 2.84 bits per heavy atom. The number of halogens is 2. The average Bonchev–Trinajstić information content (AvgIpc) is 3.08. The molecule has 2 aromatic rings. The number of anilines is 1. The summed E-state index contributed by atoms with van der Waals surface area (Å²) in [7, 11) is 0. The quantitative estimate of drug-likeness (QED) is 0.741. The Morgan fingerprint density at radius 2 is 2.04 bits per heavy atom. The maximum absolute atomic E-state index is 14.1. The summed E-state index contributed by atoms with van der Waals surface area (Å²) in [4.78, 5) is 15.3. The number of unbranched alkanes of at least 4 members (excludes halogenated alkanes) is 2. The number of amides is 1. The molecule has 2 heterocycles. The van der Waals surface area contributed by atoms with Crippen molar-refractivity contribution < 1.29 is 13.9 Å². The Morgan fingerprint density at radius 1 is 1.24 bits per heavy atom. The summed E-state index contributed by atoms with van der Waals surface area (Å²) in [5, 5.41) is 0.00864. The van der Waals surface area contributed by atoms with Crippen molar-refractivity contribution in [3.8, 4) is 5.75 Å². The van der Waals surface area contributed by atoms with Crippen LogP contribution >= 0.6 is 11.6 Å². The third-order valence-corrected chi connectivity index (χ3v) is 5.47. The predicted molar refractivity (Wildman–Crippen MR) is 96.0 cm³/mol. The molecule has 2 aliphatic rings. The second-order valence-corrected chi connectivity index (χ2v) is 7.04. The molecule has 2 aliphatic heterocycles. The second kappa shape index (κ2) is 6.03. The number of hydrogen-bond donors (Lipinski definition) is 0. The number of fused-ring (bicyclic) bond motifs is 4. The molecule has 0 fully saturated rings. The average molecular weight is 360 g/mol. The molecule has 0 bridgehead atoms. The van der Waals surface area contributed by atoms with E-state index in [0.717, 1.165) is 30.5 Å². The highest BCUT2D eigenvalue weighted by atomic mass is 35.5. The van der Waals surface area contributed by atoms with Crippen LogP contribution in [0.4, 0.5) is 10.1 Å². The smallest absolute Gasteiger partial charge is 0.245 e. The van der Waals surface area contributed by atoms with E-state index >= 15 is 0 Å². The molecule has 1 spiro atoms. The van der Waals surface area contributed by atoms with Gasteiger partial charge in [-0.3, -0.25) is 4.79 Å². The first-order chi connectivity index (χ1) is 12.1. The van der Waals surface area contributed by atoms with Crippen molar-refractivity contribution in [2.75, 3.05) is 18.1 Å². The number of hydrogen-bond acceptors (Lipinski definition) is 2. The molecule has 0 saturated carbocycles. The van der Waals surface area contributed by atoms with Crippen LogP contribution < -0.4 is 9.64 Å². The molecular formula is C20H19ClFNO2. The third-order valence-electron chi connectivity index (χ3n) is 5.18. The van der Waals surface area contributed by atoms with Gasteiger partial charge in [0.25, 0.3) is 0 Å². The maximum Gasteiger partial charge on any atom is 0.245 e. The van der Waals surface area contributed by atoms with Crippen LogP contribution in [-0.2, 0) is 10.2 Å². The lowest BCUT2D eigenvalue weighted by Crippen LogP contribution is -2.42. The highest BCUT2D eigenvalue weighted by Crippen LogP contribution is 2.52. The van der Waals surface area contributed by atoms with Gasteiger partial charge in [-0.1, -0.05) is 49.6 Å². The van der Waals surface area contributed by atoms with Gasteiger partial charge in [0.2, 0.25) is 5.91 Å². The monoisotopic (exact) mass is 359 g/mol. The van der Waals surface area contributed by atoms with E-state index in [1.165, 1.54) is 12.1 Å². The van der Waals surface area contributed by atoms with Crippen LogP contribution in [0.5, 0.6) is 5.75 Å². The lowest BCUT2D eigenvalue weighted by Gasteiger charge is -2.23. The molecule has 1 amide bonds. The van der Waals surface area contributed by atoms with Gasteiger partial charge in [0.05, 0.1) is 5.02 Å². The van der Waals surface area contributed by atoms with Gasteiger partial charge < -0.3 is 9.64 Å². The van der Waals surface area contributed by atoms with Crippen LogP contribution in [0.15, 0.2) is 36.4 Å². The summed E-state index contributed by atoms with van der Waals surface area (Å²) in [5.74, 6) is -0.0738. The van der Waals surface area contributed by atoms with Crippen molar-refractivity contribution in [1.82, 2.24) is 0 Å². The largest absolute Gasteiger partial charge is 0.491 e. The molecule has 5 heteroatoms. The predicted octanol–water partition coefficient (Wildman–Crippen LogP) is 4.69. The van der Waals surface area contributed by atoms with Crippen LogP contribution in [-0.4, -0.2) is 19.1 Å². The molecule has 0 aliphatic carbocycles. The van der Waals surface area contributed by atoms with E-state index in [9.17, 15) is 9.18 Å². The van der Waals surface area contributed by atoms with Gasteiger partial charge in [-0.05, 0) is 24.1 Å². The van der Waals surface area contributed by atoms with Crippen LogP contribution in [0.2, 0.25) is 5.02 Å². The molecule has 0 aromatic heterocycles. The summed E-state index contributed by atoms with van der Waals surface area (Å²) in [6.45, 7) is 2.98. The minimum atomic E-state index is -0.969.